The zero-order valence-electron chi connectivity index (χ0n) is 18.1. The molecule has 0 aromatic heterocycles. The first kappa shape index (κ1) is 24.7. The molecule has 1 rings (SSSR count). The van der Waals surface area contributed by atoms with E-state index < -0.39 is 0 Å². The molecule has 0 aliphatic carbocycles. The quantitative estimate of drug-likeness (QED) is 0.136. The minimum Gasteiger partial charge on any atom is -0.355 e. The first-order chi connectivity index (χ1) is 13.9. The summed E-state index contributed by atoms with van der Waals surface area (Å²) in [5, 5.41) is 0. The van der Waals surface area contributed by atoms with Crippen LogP contribution in [0.1, 0.15) is 89.5 Å². The lowest BCUT2D eigenvalue weighted by Gasteiger charge is -2.04. The maximum absolute atomic E-state index is 5.50. The minimum absolute atomic E-state index is 0.372. The summed E-state index contributed by atoms with van der Waals surface area (Å²) in [5.41, 5.74) is 1.19. The van der Waals surface area contributed by atoms with Crippen LogP contribution in [0.2, 0.25) is 0 Å². The minimum atomic E-state index is 0.372. The van der Waals surface area contributed by atoms with Crippen LogP contribution >= 0.6 is 0 Å². The van der Waals surface area contributed by atoms with Gasteiger partial charge in [0.2, 0.25) is 0 Å². The van der Waals surface area contributed by atoms with Gasteiger partial charge in [0.1, 0.15) is 6.79 Å². The van der Waals surface area contributed by atoms with Crippen molar-refractivity contribution in [2.45, 2.75) is 90.6 Å². The van der Waals surface area contributed by atoms with Gasteiger partial charge < -0.3 is 9.47 Å². The van der Waals surface area contributed by atoms with E-state index in [4.69, 9.17) is 9.47 Å². The Labute approximate surface area is 174 Å². The van der Waals surface area contributed by atoms with Gasteiger partial charge in [-0.2, -0.15) is 0 Å². The first-order valence-electron chi connectivity index (χ1n) is 11.4. The van der Waals surface area contributed by atoms with Crippen LogP contribution < -0.4 is 0 Å². The highest BCUT2D eigenvalue weighted by Gasteiger charge is 1.92. The third-order valence-electron chi connectivity index (χ3n) is 4.76. The molecule has 158 valence electrons. The van der Waals surface area contributed by atoms with Crippen molar-refractivity contribution < 1.29 is 9.47 Å². The van der Waals surface area contributed by atoms with Crippen molar-refractivity contribution in [3.63, 3.8) is 0 Å². The zero-order valence-corrected chi connectivity index (χ0v) is 18.1. The van der Waals surface area contributed by atoms with E-state index >= 15 is 0 Å². The molecular weight excluding hydrogens is 344 g/mol. The molecule has 0 aliphatic heterocycles. The van der Waals surface area contributed by atoms with Gasteiger partial charge in [0.15, 0.2) is 0 Å². The summed E-state index contributed by atoms with van der Waals surface area (Å²) in [5.74, 6) is 0. The standard InChI is InChI=1S/C26H42O2/c1-2-3-4-5-6-7-8-9-10-11-12-13-14-15-16-20-23-27-25-28-24-26-21-18-17-19-22-26/h5-6,15-19,21-22H,2-4,7-14,20,23-25H2,1H3/b6-5+,16-15-. The van der Waals surface area contributed by atoms with Crippen LogP contribution in [-0.4, -0.2) is 13.4 Å². The highest BCUT2D eigenvalue weighted by molar-refractivity contribution is 5.13. The van der Waals surface area contributed by atoms with Crippen LogP contribution in [0.3, 0.4) is 0 Å². The molecule has 2 heteroatoms. The summed E-state index contributed by atoms with van der Waals surface area (Å²) >= 11 is 0. The highest BCUT2D eigenvalue weighted by Crippen LogP contribution is 2.10. The summed E-state index contributed by atoms with van der Waals surface area (Å²) in [7, 11) is 0. The molecule has 1 aromatic rings. The summed E-state index contributed by atoms with van der Waals surface area (Å²) < 4.78 is 11.0. The summed E-state index contributed by atoms with van der Waals surface area (Å²) in [6.45, 7) is 3.98. The molecule has 0 heterocycles. The van der Waals surface area contributed by atoms with Crippen molar-refractivity contribution >= 4 is 0 Å². The SMILES string of the molecule is CCCC/C=C/CCCCCCCC/C=C\CCOCOCc1ccccc1. The molecule has 0 fully saturated rings. The number of benzene rings is 1. The van der Waals surface area contributed by atoms with Crippen molar-refractivity contribution in [2.24, 2.45) is 0 Å². The van der Waals surface area contributed by atoms with Gasteiger partial charge in [-0.05, 0) is 44.1 Å². The van der Waals surface area contributed by atoms with Crippen molar-refractivity contribution in [3.05, 3.63) is 60.2 Å². The Kier molecular flexibility index (Phi) is 17.9. The van der Waals surface area contributed by atoms with Gasteiger partial charge in [-0.15, -0.1) is 0 Å². The zero-order chi connectivity index (χ0) is 20.0. The molecule has 0 bridgehead atoms. The normalized spacial score (nSPS) is 11.8. The smallest absolute Gasteiger partial charge is 0.147 e. The summed E-state index contributed by atoms with van der Waals surface area (Å²) in [6, 6.07) is 10.2. The van der Waals surface area contributed by atoms with E-state index in [2.05, 4.69) is 43.4 Å². The van der Waals surface area contributed by atoms with Gasteiger partial charge in [0, 0.05) is 0 Å². The van der Waals surface area contributed by atoms with Gasteiger partial charge in [-0.25, -0.2) is 0 Å². The molecule has 0 amide bonds. The van der Waals surface area contributed by atoms with E-state index in [1.54, 1.807) is 0 Å². The Morgan fingerprint density at radius 1 is 0.643 bits per heavy atom. The molecule has 0 atom stereocenters. The predicted octanol–water partition coefficient (Wildman–Crippen LogP) is 7.99. The van der Waals surface area contributed by atoms with Crippen LogP contribution in [0, 0.1) is 0 Å². The Hall–Kier alpha value is -1.38. The Bertz CT molecular complexity index is 478. The molecule has 0 saturated heterocycles. The second-order valence-corrected chi connectivity index (χ2v) is 7.43. The second kappa shape index (κ2) is 20.4. The van der Waals surface area contributed by atoms with Crippen LogP contribution in [0.15, 0.2) is 54.6 Å². The Morgan fingerprint density at radius 2 is 1.21 bits per heavy atom. The maximum Gasteiger partial charge on any atom is 0.147 e. The molecule has 0 aliphatic rings. The molecule has 0 radical (unpaired) electrons. The van der Waals surface area contributed by atoms with Gasteiger partial charge in [0.25, 0.3) is 0 Å². The lowest BCUT2D eigenvalue weighted by molar-refractivity contribution is -0.0600. The molecule has 0 N–H and O–H groups in total. The summed E-state index contributed by atoms with van der Waals surface area (Å²) in [4.78, 5) is 0. The molecule has 28 heavy (non-hydrogen) atoms. The number of ether oxygens (including phenoxy) is 2. The van der Waals surface area contributed by atoms with Gasteiger partial charge >= 0.3 is 0 Å². The van der Waals surface area contributed by atoms with Gasteiger partial charge in [-0.3, -0.25) is 0 Å². The van der Waals surface area contributed by atoms with E-state index in [0.717, 1.165) is 13.0 Å². The number of allylic oxidation sites excluding steroid dienone is 3. The fraction of sp³-hybridized carbons (Fsp3) is 0.615. The van der Waals surface area contributed by atoms with E-state index in [9.17, 15) is 0 Å². The van der Waals surface area contributed by atoms with Crippen molar-refractivity contribution in [3.8, 4) is 0 Å². The monoisotopic (exact) mass is 386 g/mol. The topological polar surface area (TPSA) is 18.5 Å². The lowest BCUT2D eigenvalue weighted by Crippen LogP contribution is -2.01. The average molecular weight is 387 g/mol. The average Bonchev–Trinajstić information content (AvgIpc) is 2.73. The van der Waals surface area contributed by atoms with Crippen LogP contribution in [0.25, 0.3) is 0 Å². The van der Waals surface area contributed by atoms with Crippen LogP contribution in [0.4, 0.5) is 0 Å². The number of hydrogen-bond acceptors (Lipinski definition) is 2. The number of hydrogen-bond donors (Lipinski definition) is 0. The Balaban J connectivity index is 1.75. The van der Waals surface area contributed by atoms with E-state index in [-0.39, 0.29) is 0 Å². The van der Waals surface area contributed by atoms with Gasteiger partial charge in [-0.1, -0.05) is 100 Å². The highest BCUT2D eigenvalue weighted by atomic mass is 16.7. The predicted molar refractivity (Wildman–Crippen MR) is 121 cm³/mol. The second-order valence-electron chi connectivity index (χ2n) is 7.43. The molecule has 0 spiro atoms. The third-order valence-corrected chi connectivity index (χ3v) is 4.76. The van der Waals surface area contributed by atoms with Gasteiger partial charge in [0.05, 0.1) is 13.2 Å². The van der Waals surface area contributed by atoms with Crippen molar-refractivity contribution in [2.75, 3.05) is 13.4 Å². The molecular formula is C26H42O2. The van der Waals surface area contributed by atoms with Crippen LogP contribution in [-0.2, 0) is 16.1 Å². The van der Waals surface area contributed by atoms with Crippen molar-refractivity contribution in [1.82, 2.24) is 0 Å². The maximum atomic E-state index is 5.50. The number of unbranched alkanes of at least 4 members (excludes halogenated alkanes) is 9. The lowest BCUT2D eigenvalue weighted by atomic mass is 10.1. The fourth-order valence-electron chi connectivity index (χ4n) is 3.03. The molecule has 0 saturated carbocycles. The van der Waals surface area contributed by atoms with Crippen molar-refractivity contribution in [1.29, 1.82) is 0 Å². The van der Waals surface area contributed by atoms with E-state index in [1.165, 1.54) is 76.2 Å². The Morgan fingerprint density at radius 3 is 1.86 bits per heavy atom. The molecule has 0 unspecified atom stereocenters. The van der Waals surface area contributed by atoms with E-state index in [0.29, 0.717) is 13.4 Å². The number of rotatable bonds is 19. The summed E-state index contributed by atoms with van der Waals surface area (Å²) in [6.07, 6.45) is 24.8. The first-order valence-corrected chi connectivity index (χ1v) is 11.4. The van der Waals surface area contributed by atoms with E-state index in [1.807, 2.05) is 18.2 Å². The fourth-order valence-corrected chi connectivity index (χ4v) is 3.03. The van der Waals surface area contributed by atoms with Crippen LogP contribution in [0.5, 0.6) is 0 Å². The third kappa shape index (κ3) is 16.8. The molecule has 1 aromatic carbocycles. The molecule has 2 nitrogen and oxygen atoms in total. The largest absolute Gasteiger partial charge is 0.355 e.